The fraction of sp³-hybridized carbons (Fsp3) is 0.286. The molecule has 98 valence electrons. The van der Waals surface area contributed by atoms with Gasteiger partial charge >= 0.3 is 5.97 Å². The third-order valence-electron chi connectivity index (χ3n) is 3.47. The van der Waals surface area contributed by atoms with Crippen molar-refractivity contribution >= 4 is 5.97 Å². The van der Waals surface area contributed by atoms with Crippen molar-refractivity contribution in [2.45, 2.75) is 19.0 Å². The number of hydrogen-bond acceptors (Lipinski definition) is 4. The Morgan fingerprint density at radius 1 is 1.42 bits per heavy atom. The van der Waals surface area contributed by atoms with E-state index in [9.17, 15) is 9.90 Å². The molecule has 0 saturated carbocycles. The molecule has 0 aliphatic carbocycles. The normalized spacial score (nSPS) is 19.1. The number of carbonyl (C=O) groups is 1. The van der Waals surface area contributed by atoms with Crippen LogP contribution >= 0.6 is 0 Å². The van der Waals surface area contributed by atoms with Gasteiger partial charge in [-0.2, -0.15) is 0 Å². The van der Waals surface area contributed by atoms with Crippen molar-refractivity contribution in [1.82, 2.24) is 10.1 Å². The second kappa shape index (κ2) is 4.85. The average molecular weight is 258 g/mol. The second-order valence-corrected chi connectivity index (χ2v) is 4.64. The van der Waals surface area contributed by atoms with Crippen LogP contribution in [-0.2, 0) is 17.8 Å². The second-order valence-electron chi connectivity index (χ2n) is 4.64. The van der Waals surface area contributed by atoms with Crippen molar-refractivity contribution in [3.8, 4) is 0 Å². The van der Waals surface area contributed by atoms with Crippen LogP contribution in [0.1, 0.15) is 22.9 Å². The van der Waals surface area contributed by atoms with Crippen molar-refractivity contribution in [1.29, 1.82) is 0 Å². The van der Waals surface area contributed by atoms with Gasteiger partial charge in [-0.1, -0.05) is 29.4 Å². The smallest absolute Gasteiger partial charge is 0.325 e. The maximum Gasteiger partial charge on any atom is 0.325 e. The topological polar surface area (TPSA) is 66.6 Å². The van der Waals surface area contributed by atoms with Gasteiger partial charge in [-0.15, -0.1) is 0 Å². The van der Waals surface area contributed by atoms with Gasteiger partial charge in [0.05, 0.1) is 12.7 Å². The van der Waals surface area contributed by atoms with Crippen LogP contribution in [0, 0.1) is 0 Å². The first-order valence-electron chi connectivity index (χ1n) is 6.20. The van der Waals surface area contributed by atoms with E-state index in [0.29, 0.717) is 18.8 Å². The molecule has 0 radical (unpaired) electrons. The summed E-state index contributed by atoms with van der Waals surface area (Å²) in [6.45, 7) is 1.17. The summed E-state index contributed by atoms with van der Waals surface area (Å²) in [6, 6.07) is 8.86. The molecule has 1 aliphatic heterocycles. The minimum Gasteiger partial charge on any atom is -0.480 e. The Balaban J connectivity index is 1.92. The van der Waals surface area contributed by atoms with Gasteiger partial charge in [0.25, 0.3) is 0 Å². The number of benzene rings is 1. The summed E-state index contributed by atoms with van der Waals surface area (Å²) in [5.74, 6) is -0.141. The minimum atomic E-state index is -0.827. The number of aromatic nitrogens is 1. The van der Waals surface area contributed by atoms with Crippen molar-refractivity contribution < 1.29 is 14.4 Å². The Morgan fingerprint density at radius 3 is 3.00 bits per heavy atom. The maximum atomic E-state index is 11.6. The van der Waals surface area contributed by atoms with Crippen LogP contribution in [0.2, 0.25) is 0 Å². The Hall–Kier alpha value is -2.14. The highest BCUT2D eigenvalue weighted by molar-refractivity contribution is 5.76. The van der Waals surface area contributed by atoms with Gasteiger partial charge in [0.2, 0.25) is 0 Å². The largest absolute Gasteiger partial charge is 0.480 e. The molecule has 5 heteroatoms. The van der Waals surface area contributed by atoms with Crippen molar-refractivity contribution in [3.63, 3.8) is 0 Å². The van der Waals surface area contributed by atoms with Gasteiger partial charge in [-0.3, -0.25) is 9.69 Å². The summed E-state index contributed by atoms with van der Waals surface area (Å²) >= 11 is 0. The standard InChI is InChI=1S/C14H14N2O3/c17-14(18)13-12-4-2-1-3-10(12)6-8-16(13)9-11-5-7-15-19-11/h1-5,7,13H,6,8-9H2,(H,17,18). The maximum absolute atomic E-state index is 11.6. The Labute approximate surface area is 110 Å². The molecule has 1 atom stereocenters. The molecule has 0 bridgehead atoms. The zero-order chi connectivity index (χ0) is 13.2. The SMILES string of the molecule is O=C(O)C1c2ccccc2CCN1Cc1ccno1. The number of carboxylic acids is 1. The molecule has 1 aromatic heterocycles. The lowest BCUT2D eigenvalue weighted by atomic mass is 9.92. The van der Waals surface area contributed by atoms with Gasteiger partial charge in [0.15, 0.2) is 5.76 Å². The van der Waals surface area contributed by atoms with Gasteiger partial charge in [0, 0.05) is 12.6 Å². The Kier molecular flexibility index (Phi) is 3.05. The van der Waals surface area contributed by atoms with Gasteiger partial charge in [-0.05, 0) is 17.5 Å². The molecule has 2 heterocycles. The molecule has 1 aliphatic rings. The number of carboxylic acid groups (broad SMARTS) is 1. The minimum absolute atomic E-state index is 0.464. The van der Waals surface area contributed by atoms with Crippen LogP contribution < -0.4 is 0 Å². The average Bonchev–Trinajstić information content (AvgIpc) is 2.91. The van der Waals surface area contributed by atoms with E-state index in [1.165, 1.54) is 0 Å². The summed E-state index contributed by atoms with van der Waals surface area (Å²) < 4.78 is 5.07. The summed E-state index contributed by atoms with van der Waals surface area (Å²) in [5, 5.41) is 13.1. The fourth-order valence-electron chi connectivity index (χ4n) is 2.60. The van der Waals surface area contributed by atoms with E-state index >= 15 is 0 Å². The number of fused-ring (bicyclic) bond motifs is 1. The van der Waals surface area contributed by atoms with Gasteiger partial charge in [-0.25, -0.2) is 0 Å². The lowest BCUT2D eigenvalue weighted by Crippen LogP contribution is -2.39. The first-order valence-corrected chi connectivity index (χ1v) is 6.20. The first-order chi connectivity index (χ1) is 9.25. The zero-order valence-corrected chi connectivity index (χ0v) is 10.3. The molecule has 19 heavy (non-hydrogen) atoms. The van der Waals surface area contributed by atoms with E-state index < -0.39 is 12.0 Å². The molecular weight excluding hydrogens is 244 g/mol. The van der Waals surface area contributed by atoms with E-state index in [1.807, 2.05) is 29.2 Å². The van der Waals surface area contributed by atoms with Gasteiger partial charge in [0.1, 0.15) is 6.04 Å². The molecule has 1 unspecified atom stereocenters. The monoisotopic (exact) mass is 258 g/mol. The van der Waals surface area contributed by atoms with Crippen LogP contribution in [0.4, 0.5) is 0 Å². The van der Waals surface area contributed by atoms with E-state index in [0.717, 1.165) is 17.5 Å². The van der Waals surface area contributed by atoms with Gasteiger partial charge < -0.3 is 9.63 Å². The van der Waals surface area contributed by atoms with E-state index in [2.05, 4.69) is 5.16 Å². The molecule has 1 N–H and O–H groups in total. The van der Waals surface area contributed by atoms with Crippen LogP contribution in [0.5, 0.6) is 0 Å². The summed E-state index contributed by atoms with van der Waals surface area (Å²) in [5.41, 5.74) is 1.99. The van der Waals surface area contributed by atoms with Crippen LogP contribution in [0.3, 0.4) is 0 Å². The number of aliphatic carboxylic acids is 1. The number of hydrogen-bond donors (Lipinski definition) is 1. The lowest BCUT2D eigenvalue weighted by molar-refractivity contribution is -0.144. The van der Waals surface area contributed by atoms with Crippen LogP contribution in [0.25, 0.3) is 0 Å². The highest BCUT2D eigenvalue weighted by atomic mass is 16.5. The Morgan fingerprint density at radius 2 is 2.26 bits per heavy atom. The molecule has 3 rings (SSSR count). The third kappa shape index (κ3) is 2.24. The predicted molar refractivity (Wildman–Crippen MR) is 67.4 cm³/mol. The zero-order valence-electron chi connectivity index (χ0n) is 10.3. The summed E-state index contributed by atoms with van der Waals surface area (Å²) in [7, 11) is 0. The highest BCUT2D eigenvalue weighted by Crippen LogP contribution is 2.30. The van der Waals surface area contributed by atoms with Crippen molar-refractivity contribution in [2.24, 2.45) is 0 Å². The molecular formula is C14H14N2O3. The molecule has 2 aromatic rings. The van der Waals surface area contributed by atoms with E-state index in [4.69, 9.17) is 4.52 Å². The quantitative estimate of drug-likeness (QED) is 0.910. The summed E-state index contributed by atoms with van der Waals surface area (Å²) in [4.78, 5) is 13.5. The lowest BCUT2D eigenvalue weighted by Gasteiger charge is -2.33. The summed E-state index contributed by atoms with van der Waals surface area (Å²) in [6.07, 6.45) is 2.43. The molecule has 0 saturated heterocycles. The number of rotatable bonds is 3. The molecule has 0 spiro atoms. The number of nitrogens with zero attached hydrogens (tertiary/aromatic N) is 2. The molecule has 5 nitrogen and oxygen atoms in total. The van der Waals surface area contributed by atoms with Crippen molar-refractivity contribution in [2.75, 3.05) is 6.54 Å². The van der Waals surface area contributed by atoms with Crippen LogP contribution in [0.15, 0.2) is 41.1 Å². The third-order valence-corrected chi connectivity index (χ3v) is 3.47. The molecule has 0 amide bonds. The van der Waals surface area contributed by atoms with E-state index in [1.54, 1.807) is 12.3 Å². The molecule has 0 fully saturated rings. The fourth-order valence-corrected chi connectivity index (χ4v) is 2.60. The van der Waals surface area contributed by atoms with Crippen LogP contribution in [-0.4, -0.2) is 27.7 Å². The molecule has 1 aromatic carbocycles. The van der Waals surface area contributed by atoms with Crippen molar-refractivity contribution in [3.05, 3.63) is 53.4 Å². The van der Waals surface area contributed by atoms with E-state index in [-0.39, 0.29) is 0 Å². The highest BCUT2D eigenvalue weighted by Gasteiger charge is 2.33. The predicted octanol–water partition coefficient (Wildman–Crippen LogP) is 1.86. The first kappa shape index (κ1) is 11.9. The Bertz CT molecular complexity index is 580.